The fourth-order valence-corrected chi connectivity index (χ4v) is 2.26. The Morgan fingerprint density at radius 2 is 1.78 bits per heavy atom. The number of nitrogens with zero attached hydrogens (tertiary/aromatic N) is 5. The summed E-state index contributed by atoms with van der Waals surface area (Å²) in [5, 5.41) is 9.15. The molecule has 0 atom stereocenters. The molecule has 1 aliphatic heterocycles. The highest BCUT2D eigenvalue weighted by Gasteiger charge is 2.30. The van der Waals surface area contributed by atoms with Gasteiger partial charge in [-0.15, -0.1) is 0 Å². The van der Waals surface area contributed by atoms with Crippen molar-refractivity contribution in [3.63, 3.8) is 0 Å². The van der Waals surface area contributed by atoms with E-state index >= 15 is 0 Å². The molecule has 1 aromatic rings. The smallest absolute Gasteiger partial charge is 0.150 e. The molecular weight excluding hydrogens is 226 g/mol. The van der Waals surface area contributed by atoms with Gasteiger partial charge in [-0.1, -0.05) is 0 Å². The number of piperazine rings is 1. The van der Waals surface area contributed by atoms with Crippen molar-refractivity contribution in [1.82, 2.24) is 14.9 Å². The van der Waals surface area contributed by atoms with Crippen LogP contribution in [-0.4, -0.2) is 46.6 Å². The number of aryl methyl sites for hydroxylation is 1. The lowest BCUT2D eigenvalue weighted by atomic mass is 10.0. The van der Waals surface area contributed by atoms with Crippen molar-refractivity contribution in [2.45, 2.75) is 26.3 Å². The van der Waals surface area contributed by atoms with E-state index in [0.29, 0.717) is 0 Å². The van der Waals surface area contributed by atoms with Gasteiger partial charge in [0.15, 0.2) is 0 Å². The summed E-state index contributed by atoms with van der Waals surface area (Å²) in [5.41, 5.74) is 0.578. The highest BCUT2D eigenvalue weighted by Crippen LogP contribution is 2.20. The van der Waals surface area contributed by atoms with Crippen LogP contribution in [0.3, 0.4) is 0 Å². The maximum atomic E-state index is 9.15. The Morgan fingerprint density at radius 3 is 2.33 bits per heavy atom. The van der Waals surface area contributed by atoms with Gasteiger partial charge in [0.2, 0.25) is 0 Å². The molecule has 96 valence electrons. The molecule has 1 saturated heterocycles. The Hall–Kier alpha value is -1.67. The average Bonchev–Trinajstić information content (AvgIpc) is 2.39. The first-order valence-corrected chi connectivity index (χ1v) is 6.23. The molecule has 0 radical (unpaired) electrons. The van der Waals surface area contributed by atoms with Gasteiger partial charge >= 0.3 is 0 Å². The second-order valence-corrected chi connectivity index (χ2v) is 5.11. The van der Waals surface area contributed by atoms with Crippen LogP contribution < -0.4 is 4.90 Å². The van der Waals surface area contributed by atoms with E-state index in [2.05, 4.69) is 25.8 Å². The van der Waals surface area contributed by atoms with Crippen LogP contribution in [0.4, 0.5) is 5.82 Å². The second kappa shape index (κ2) is 4.91. The molecule has 2 rings (SSSR count). The molecule has 5 heteroatoms. The summed E-state index contributed by atoms with van der Waals surface area (Å²) in [7, 11) is 0. The summed E-state index contributed by atoms with van der Waals surface area (Å²) in [6.45, 7) is 9.48. The molecule has 5 nitrogen and oxygen atoms in total. The lowest BCUT2D eigenvalue weighted by Crippen LogP contribution is -2.54. The van der Waals surface area contributed by atoms with Crippen LogP contribution in [0.1, 0.15) is 19.5 Å². The van der Waals surface area contributed by atoms with Crippen molar-refractivity contribution in [3.05, 3.63) is 18.1 Å². The quantitative estimate of drug-likeness (QED) is 0.784. The summed E-state index contributed by atoms with van der Waals surface area (Å²) < 4.78 is 0. The zero-order valence-electron chi connectivity index (χ0n) is 11.2. The Morgan fingerprint density at radius 1 is 1.17 bits per heavy atom. The molecule has 18 heavy (non-hydrogen) atoms. The van der Waals surface area contributed by atoms with Crippen molar-refractivity contribution in [3.8, 4) is 6.07 Å². The van der Waals surface area contributed by atoms with Gasteiger partial charge in [-0.25, -0.2) is 4.98 Å². The van der Waals surface area contributed by atoms with Crippen molar-refractivity contribution in [2.24, 2.45) is 0 Å². The number of anilines is 1. The molecule has 0 unspecified atom stereocenters. The highest BCUT2D eigenvalue weighted by atomic mass is 15.3. The fourth-order valence-electron chi connectivity index (χ4n) is 2.26. The van der Waals surface area contributed by atoms with E-state index in [0.717, 1.165) is 37.7 Å². The van der Waals surface area contributed by atoms with Gasteiger partial charge in [0, 0.05) is 38.6 Å². The average molecular weight is 245 g/mol. The maximum absolute atomic E-state index is 9.15. The molecule has 0 N–H and O–H groups in total. The minimum Gasteiger partial charge on any atom is -0.353 e. The molecule has 0 aliphatic carbocycles. The Labute approximate surface area is 108 Å². The van der Waals surface area contributed by atoms with Gasteiger partial charge in [0.25, 0.3) is 0 Å². The zero-order valence-corrected chi connectivity index (χ0v) is 11.2. The topological polar surface area (TPSA) is 56.1 Å². The monoisotopic (exact) mass is 245 g/mol. The van der Waals surface area contributed by atoms with Crippen molar-refractivity contribution < 1.29 is 0 Å². The number of aromatic nitrogens is 2. The summed E-state index contributed by atoms with van der Waals surface area (Å²) in [6, 6.07) is 2.36. The van der Waals surface area contributed by atoms with Crippen molar-refractivity contribution in [1.29, 1.82) is 5.26 Å². The predicted molar refractivity (Wildman–Crippen MR) is 70.2 cm³/mol. The van der Waals surface area contributed by atoms with E-state index in [-0.39, 0.29) is 5.54 Å². The number of nitriles is 1. The third-order valence-corrected chi connectivity index (χ3v) is 3.50. The van der Waals surface area contributed by atoms with Crippen molar-refractivity contribution in [2.75, 3.05) is 31.1 Å². The van der Waals surface area contributed by atoms with Gasteiger partial charge in [0.1, 0.15) is 11.4 Å². The Kier molecular flexibility index (Phi) is 3.48. The van der Waals surface area contributed by atoms with Gasteiger partial charge in [0.05, 0.1) is 11.8 Å². The third kappa shape index (κ3) is 2.44. The van der Waals surface area contributed by atoms with Crippen LogP contribution in [0.2, 0.25) is 0 Å². The Balaban J connectivity index is 2.04. The van der Waals surface area contributed by atoms with Crippen LogP contribution in [0, 0.1) is 18.3 Å². The minimum atomic E-state index is -0.385. The minimum absolute atomic E-state index is 0.385. The third-order valence-electron chi connectivity index (χ3n) is 3.50. The molecule has 0 spiro atoms. The molecule has 1 aliphatic rings. The first-order chi connectivity index (χ1) is 8.54. The molecular formula is C13H19N5. The van der Waals surface area contributed by atoms with E-state index in [4.69, 9.17) is 5.26 Å². The lowest BCUT2D eigenvalue weighted by molar-refractivity contribution is 0.157. The second-order valence-electron chi connectivity index (χ2n) is 5.11. The van der Waals surface area contributed by atoms with E-state index < -0.39 is 0 Å². The SMILES string of the molecule is Cc1nccnc1N1CCN(C(C)(C)C#N)CC1. The highest BCUT2D eigenvalue weighted by molar-refractivity contribution is 5.42. The standard InChI is InChI=1S/C13H19N5/c1-11-12(16-5-4-15-11)17-6-8-18(9-7-17)13(2,3)10-14/h4-5H,6-9H2,1-3H3. The molecule has 1 fully saturated rings. The van der Waals surface area contributed by atoms with Crippen LogP contribution in [-0.2, 0) is 0 Å². The van der Waals surface area contributed by atoms with Gasteiger partial charge in [-0.2, -0.15) is 5.26 Å². The molecule has 0 bridgehead atoms. The Bertz CT molecular complexity index is 455. The largest absolute Gasteiger partial charge is 0.353 e. The van der Waals surface area contributed by atoms with E-state index in [1.54, 1.807) is 12.4 Å². The molecule has 0 aromatic carbocycles. The molecule has 0 saturated carbocycles. The van der Waals surface area contributed by atoms with Gasteiger partial charge in [-0.3, -0.25) is 9.88 Å². The fraction of sp³-hybridized carbons (Fsp3) is 0.615. The molecule has 1 aromatic heterocycles. The first kappa shape index (κ1) is 12.8. The predicted octanol–water partition coefficient (Wildman–Crippen LogP) is 1.21. The summed E-state index contributed by atoms with van der Waals surface area (Å²) in [4.78, 5) is 13.1. The first-order valence-electron chi connectivity index (χ1n) is 6.23. The van der Waals surface area contributed by atoms with Gasteiger partial charge < -0.3 is 4.90 Å². The number of hydrogen-bond acceptors (Lipinski definition) is 5. The van der Waals surface area contributed by atoms with Gasteiger partial charge in [-0.05, 0) is 20.8 Å². The van der Waals surface area contributed by atoms with E-state index in [1.165, 1.54) is 0 Å². The van der Waals surface area contributed by atoms with Crippen LogP contribution in [0.15, 0.2) is 12.4 Å². The number of hydrogen-bond donors (Lipinski definition) is 0. The van der Waals surface area contributed by atoms with Crippen molar-refractivity contribution >= 4 is 5.82 Å². The summed E-state index contributed by atoms with van der Waals surface area (Å²) in [5.74, 6) is 0.965. The lowest BCUT2D eigenvalue weighted by Gasteiger charge is -2.41. The molecule has 2 heterocycles. The van der Waals surface area contributed by atoms with Crippen LogP contribution in [0.25, 0.3) is 0 Å². The van der Waals surface area contributed by atoms with E-state index in [9.17, 15) is 0 Å². The van der Waals surface area contributed by atoms with Crippen LogP contribution in [0.5, 0.6) is 0 Å². The summed E-state index contributed by atoms with van der Waals surface area (Å²) in [6.07, 6.45) is 3.45. The van der Waals surface area contributed by atoms with Crippen LogP contribution >= 0.6 is 0 Å². The normalized spacial score (nSPS) is 17.6. The summed E-state index contributed by atoms with van der Waals surface area (Å²) >= 11 is 0. The maximum Gasteiger partial charge on any atom is 0.150 e. The zero-order chi connectivity index (χ0) is 13.2. The number of rotatable bonds is 2. The molecule has 0 amide bonds. The van der Waals surface area contributed by atoms with E-state index in [1.807, 2.05) is 20.8 Å².